The third kappa shape index (κ3) is 2.84. The van der Waals surface area contributed by atoms with E-state index in [1.165, 1.54) is 6.07 Å². The van der Waals surface area contributed by atoms with Gasteiger partial charge in [0.25, 0.3) is 5.91 Å². The van der Waals surface area contributed by atoms with Crippen molar-refractivity contribution in [2.75, 3.05) is 11.9 Å². The number of aryl methyl sites for hydroxylation is 1. The van der Waals surface area contributed by atoms with Crippen molar-refractivity contribution in [1.29, 1.82) is 0 Å². The van der Waals surface area contributed by atoms with Crippen molar-refractivity contribution in [3.8, 4) is 0 Å². The first kappa shape index (κ1) is 12.5. The van der Waals surface area contributed by atoms with E-state index in [2.05, 4.69) is 21.2 Å². The Morgan fingerprint density at radius 2 is 2.35 bits per heavy atom. The van der Waals surface area contributed by atoms with Crippen molar-refractivity contribution in [3.05, 3.63) is 28.0 Å². The zero-order valence-corrected chi connectivity index (χ0v) is 11.0. The number of rotatable bonds is 2. The molecular formula is C12H13BrFNO2. The molecule has 0 radical (unpaired) electrons. The van der Waals surface area contributed by atoms with Gasteiger partial charge in [-0.3, -0.25) is 4.79 Å². The van der Waals surface area contributed by atoms with Crippen LogP contribution in [-0.4, -0.2) is 18.6 Å². The van der Waals surface area contributed by atoms with E-state index in [9.17, 15) is 9.18 Å². The van der Waals surface area contributed by atoms with Crippen LogP contribution in [0.3, 0.4) is 0 Å². The number of amides is 1. The summed E-state index contributed by atoms with van der Waals surface area (Å²) in [5.74, 6) is -0.498. The maximum Gasteiger partial charge on any atom is 0.253 e. The molecule has 0 aliphatic carbocycles. The topological polar surface area (TPSA) is 38.3 Å². The summed E-state index contributed by atoms with van der Waals surface area (Å²) in [7, 11) is 0. The van der Waals surface area contributed by atoms with Gasteiger partial charge in [-0.25, -0.2) is 4.39 Å². The van der Waals surface area contributed by atoms with Gasteiger partial charge in [-0.2, -0.15) is 0 Å². The molecule has 0 bridgehead atoms. The summed E-state index contributed by atoms with van der Waals surface area (Å²) in [6.07, 6.45) is 1.27. The molecule has 1 aromatic rings. The van der Waals surface area contributed by atoms with E-state index >= 15 is 0 Å². The highest BCUT2D eigenvalue weighted by atomic mass is 79.9. The molecule has 2 rings (SSSR count). The molecule has 5 heteroatoms. The smallest absolute Gasteiger partial charge is 0.253 e. The lowest BCUT2D eigenvalue weighted by Gasteiger charge is -2.13. The summed E-state index contributed by atoms with van der Waals surface area (Å²) in [5.41, 5.74) is 1.30. The number of benzene rings is 1. The molecule has 1 heterocycles. The second-order valence-corrected chi connectivity index (χ2v) is 4.93. The molecule has 0 aromatic heterocycles. The van der Waals surface area contributed by atoms with Crippen LogP contribution < -0.4 is 5.32 Å². The van der Waals surface area contributed by atoms with E-state index in [-0.39, 0.29) is 17.8 Å². The van der Waals surface area contributed by atoms with Crippen LogP contribution in [-0.2, 0) is 9.53 Å². The van der Waals surface area contributed by atoms with Crippen LogP contribution >= 0.6 is 15.9 Å². The zero-order chi connectivity index (χ0) is 12.4. The van der Waals surface area contributed by atoms with E-state index in [0.29, 0.717) is 22.3 Å². The van der Waals surface area contributed by atoms with Crippen LogP contribution in [0.25, 0.3) is 0 Å². The summed E-state index contributed by atoms with van der Waals surface area (Å²) in [6.45, 7) is 2.38. The second kappa shape index (κ2) is 5.14. The van der Waals surface area contributed by atoms with E-state index in [1.807, 2.05) is 0 Å². The maximum absolute atomic E-state index is 13.2. The summed E-state index contributed by atoms with van der Waals surface area (Å²) in [6, 6.07) is 2.95. The average molecular weight is 302 g/mol. The van der Waals surface area contributed by atoms with Gasteiger partial charge in [-0.05, 0) is 53.4 Å². The molecule has 1 aromatic carbocycles. The molecule has 92 valence electrons. The predicted octanol–water partition coefficient (Wildman–Crippen LogP) is 3.01. The molecule has 1 saturated heterocycles. The van der Waals surface area contributed by atoms with Crippen LogP contribution in [0.1, 0.15) is 18.4 Å². The number of hydrogen-bond donors (Lipinski definition) is 1. The highest BCUT2D eigenvalue weighted by Gasteiger charge is 2.24. The lowest BCUT2D eigenvalue weighted by Crippen LogP contribution is -2.27. The molecule has 1 aliphatic rings. The quantitative estimate of drug-likeness (QED) is 0.912. The second-order valence-electron chi connectivity index (χ2n) is 4.07. The van der Waals surface area contributed by atoms with Crippen molar-refractivity contribution >= 4 is 27.5 Å². The Balaban J connectivity index is 2.12. The number of ether oxygens (including phenoxy) is 1. The maximum atomic E-state index is 13.2. The number of halogens is 2. The largest absolute Gasteiger partial charge is 0.368 e. The zero-order valence-electron chi connectivity index (χ0n) is 9.43. The fourth-order valence-electron chi connectivity index (χ4n) is 1.78. The Hall–Kier alpha value is -0.940. The Morgan fingerprint density at radius 1 is 1.59 bits per heavy atom. The molecule has 1 N–H and O–H groups in total. The van der Waals surface area contributed by atoms with Crippen molar-refractivity contribution in [3.63, 3.8) is 0 Å². The first-order chi connectivity index (χ1) is 8.08. The third-order valence-corrected chi connectivity index (χ3v) is 3.35. The molecule has 0 saturated carbocycles. The van der Waals surface area contributed by atoms with Crippen LogP contribution in [0, 0.1) is 12.7 Å². The minimum atomic E-state index is -0.377. The van der Waals surface area contributed by atoms with Gasteiger partial charge < -0.3 is 10.1 Å². The Kier molecular flexibility index (Phi) is 3.79. The van der Waals surface area contributed by atoms with Crippen molar-refractivity contribution < 1.29 is 13.9 Å². The van der Waals surface area contributed by atoms with E-state index < -0.39 is 0 Å². The molecule has 17 heavy (non-hydrogen) atoms. The standard InChI is InChI=1S/C12H13BrFNO2/c1-7-5-9(14)8(13)6-10(7)15-12(16)11-3-2-4-17-11/h5-6,11H,2-4H2,1H3,(H,15,16)/t11-/m0/s1. The van der Waals surface area contributed by atoms with Crippen LogP contribution in [0.2, 0.25) is 0 Å². The van der Waals surface area contributed by atoms with Crippen LogP contribution in [0.15, 0.2) is 16.6 Å². The van der Waals surface area contributed by atoms with E-state index in [4.69, 9.17) is 4.74 Å². The summed E-state index contributed by atoms with van der Waals surface area (Å²) < 4.78 is 18.8. The Bertz CT molecular complexity index is 444. The van der Waals surface area contributed by atoms with Gasteiger partial charge in [0.2, 0.25) is 0 Å². The summed E-state index contributed by atoms with van der Waals surface area (Å²) >= 11 is 3.10. The minimum Gasteiger partial charge on any atom is -0.368 e. The average Bonchev–Trinajstić information content (AvgIpc) is 2.79. The van der Waals surface area contributed by atoms with Crippen molar-refractivity contribution in [2.45, 2.75) is 25.9 Å². The molecule has 0 unspecified atom stereocenters. The fraction of sp³-hybridized carbons (Fsp3) is 0.417. The highest BCUT2D eigenvalue weighted by molar-refractivity contribution is 9.10. The van der Waals surface area contributed by atoms with Gasteiger partial charge in [0, 0.05) is 12.3 Å². The van der Waals surface area contributed by atoms with Gasteiger partial charge >= 0.3 is 0 Å². The number of carbonyl (C=O) groups excluding carboxylic acids is 1. The Morgan fingerprint density at radius 3 is 3.00 bits per heavy atom. The number of nitrogens with one attached hydrogen (secondary N) is 1. The molecule has 1 atom stereocenters. The molecule has 1 aliphatic heterocycles. The first-order valence-corrected chi connectivity index (χ1v) is 6.25. The van der Waals surface area contributed by atoms with Gasteiger partial charge in [-0.15, -0.1) is 0 Å². The SMILES string of the molecule is Cc1cc(F)c(Br)cc1NC(=O)[C@@H]1CCCO1. The number of anilines is 1. The van der Waals surface area contributed by atoms with Crippen molar-refractivity contribution in [2.24, 2.45) is 0 Å². The fourth-order valence-corrected chi connectivity index (χ4v) is 2.12. The van der Waals surface area contributed by atoms with Crippen LogP contribution in [0.4, 0.5) is 10.1 Å². The molecular weight excluding hydrogens is 289 g/mol. The molecule has 1 fully saturated rings. The van der Waals surface area contributed by atoms with Crippen LogP contribution in [0.5, 0.6) is 0 Å². The number of hydrogen-bond acceptors (Lipinski definition) is 2. The van der Waals surface area contributed by atoms with E-state index in [1.54, 1.807) is 13.0 Å². The van der Waals surface area contributed by atoms with Gasteiger partial charge in [0.05, 0.1) is 4.47 Å². The normalized spacial score (nSPS) is 19.4. The van der Waals surface area contributed by atoms with Gasteiger partial charge in [-0.1, -0.05) is 0 Å². The first-order valence-electron chi connectivity index (χ1n) is 5.46. The highest BCUT2D eigenvalue weighted by Crippen LogP contribution is 2.25. The minimum absolute atomic E-state index is 0.163. The van der Waals surface area contributed by atoms with Gasteiger partial charge in [0.1, 0.15) is 11.9 Å². The summed E-state index contributed by atoms with van der Waals surface area (Å²) in [4.78, 5) is 11.8. The molecule has 1 amide bonds. The molecule has 3 nitrogen and oxygen atoms in total. The van der Waals surface area contributed by atoms with Crippen molar-refractivity contribution in [1.82, 2.24) is 0 Å². The molecule has 0 spiro atoms. The lowest BCUT2D eigenvalue weighted by atomic mass is 10.1. The number of carbonyl (C=O) groups is 1. The Labute approximate surface area is 107 Å². The van der Waals surface area contributed by atoms with Gasteiger partial charge in [0.15, 0.2) is 0 Å². The summed E-state index contributed by atoms with van der Waals surface area (Å²) in [5, 5.41) is 2.76. The van der Waals surface area contributed by atoms with E-state index in [0.717, 1.165) is 12.8 Å². The predicted molar refractivity (Wildman–Crippen MR) is 66.4 cm³/mol. The monoisotopic (exact) mass is 301 g/mol. The lowest BCUT2D eigenvalue weighted by molar-refractivity contribution is -0.124. The third-order valence-electron chi connectivity index (χ3n) is 2.75.